The molecule has 0 spiro atoms. The molecule has 1 fully saturated rings. The summed E-state index contributed by atoms with van der Waals surface area (Å²) in [5.41, 5.74) is 0.244. The van der Waals surface area contributed by atoms with E-state index >= 15 is 0 Å². The highest BCUT2D eigenvalue weighted by Gasteiger charge is 2.16. The van der Waals surface area contributed by atoms with E-state index in [1.807, 2.05) is 0 Å². The molecule has 0 heterocycles. The number of halogens is 1. The molecule has 1 aliphatic carbocycles. The highest BCUT2D eigenvalue weighted by molar-refractivity contribution is 9.10. The van der Waals surface area contributed by atoms with Crippen LogP contribution >= 0.6 is 15.9 Å². The Balaban J connectivity index is 2.00. The number of ether oxygens (including phenoxy) is 1. The van der Waals surface area contributed by atoms with Crippen molar-refractivity contribution in [2.45, 2.75) is 25.7 Å². The first-order valence-electron chi connectivity index (χ1n) is 5.82. The summed E-state index contributed by atoms with van der Waals surface area (Å²) in [7, 11) is 0. The van der Waals surface area contributed by atoms with Crippen molar-refractivity contribution in [1.29, 1.82) is 0 Å². The molecule has 1 aromatic rings. The Bertz CT molecular complexity index is 411. The summed E-state index contributed by atoms with van der Waals surface area (Å²) in [6.45, 7) is 0.695. The van der Waals surface area contributed by atoms with E-state index in [4.69, 9.17) is 9.84 Å². The monoisotopic (exact) mass is 298 g/mol. The van der Waals surface area contributed by atoms with Gasteiger partial charge in [-0.15, -0.1) is 0 Å². The maximum Gasteiger partial charge on any atom is 0.336 e. The third-order valence-corrected chi connectivity index (χ3v) is 3.82. The van der Waals surface area contributed by atoms with Gasteiger partial charge in [-0.25, -0.2) is 4.79 Å². The molecule has 92 valence electrons. The molecule has 0 amide bonds. The Hall–Kier alpha value is -1.03. The molecule has 1 saturated carbocycles. The maximum atomic E-state index is 10.9. The average molecular weight is 299 g/mol. The van der Waals surface area contributed by atoms with Crippen molar-refractivity contribution in [3.8, 4) is 5.75 Å². The zero-order valence-electron chi connectivity index (χ0n) is 9.49. The van der Waals surface area contributed by atoms with Crippen molar-refractivity contribution in [3.63, 3.8) is 0 Å². The van der Waals surface area contributed by atoms with Crippen LogP contribution in [0.4, 0.5) is 0 Å². The van der Waals surface area contributed by atoms with Crippen LogP contribution in [-0.2, 0) is 0 Å². The molecule has 17 heavy (non-hydrogen) atoms. The van der Waals surface area contributed by atoms with Crippen LogP contribution in [0.5, 0.6) is 5.75 Å². The van der Waals surface area contributed by atoms with E-state index in [-0.39, 0.29) is 5.56 Å². The molecule has 1 N–H and O–H groups in total. The van der Waals surface area contributed by atoms with E-state index in [1.165, 1.54) is 25.7 Å². The molecule has 4 heteroatoms. The van der Waals surface area contributed by atoms with Gasteiger partial charge < -0.3 is 9.84 Å². The maximum absolute atomic E-state index is 10.9. The van der Waals surface area contributed by atoms with Crippen LogP contribution in [0.15, 0.2) is 22.7 Å². The minimum absolute atomic E-state index is 0.244. The summed E-state index contributed by atoms with van der Waals surface area (Å²) in [5, 5.41) is 8.98. The number of benzene rings is 1. The van der Waals surface area contributed by atoms with Gasteiger partial charge in [-0.1, -0.05) is 12.8 Å². The molecular weight excluding hydrogens is 284 g/mol. The second-order valence-electron chi connectivity index (χ2n) is 4.41. The predicted molar refractivity (Wildman–Crippen MR) is 68.6 cm³/mol. The molecule has 0 aliphatic heterocycles. The Morgan fingerprint density at radius 1 is 1.41 bits per heavy atom. The molecule has 2 rings (SSSR count). The van der Waals surface area contributed by atoms with Crippen molar-refractivity contribution < 1.29 is 14.6 Å². The molecule has 1 aromatic carbocycles. The second kappa shape index (κ2) is 5.54. The summed E-state index contributed by atoms with van der Waals surface area (Å²) in [6, 6.07) is 5.08. The van der Waals surface area contributed by atoms with E-state index in [1.54, 1.807) is 18.2 Å². The summed E-state index contributed by atoms with van der Waals surface area (Å²) in [4.78, 5) is 10.9. The third-order valence-electron chi connectivity index (χ3n) is 3.13. The minimum Gasteiger partial charge on any atom is -0.493 e. The Morgan fingerprint density at radius 3 is 2.76 bits per heavy atom. The summed E-state index contributed by atoms with van der Waals surface area (Å²) >= 11 is 3.21. The largest absolute Gasteiger partial charge is 0.493 e. The second-order valence-corrected chi connectivity index (χ2v) is 5.26. The molecule has 1 aliphatic rings. The van der Waals surface area contributed by atoms with E-state index in [2.05, 4.69) is 15.9 Å². The molecule has 0 radical (unpaired) electrons. The molecular formula is C13H15BrO3. The van der Waals surface area contributed by atoms with Gasteiger partial charge in [0.05, 0.1) is 12.2 Å². The highest BCUT2D eigenvalue weighted by atomic mass is 79.9. The summed E-state index contributed by atoms with van der Waals surface area (Å²) in [5.74, 6) is 0.326. The number of hydrogen-bond acceptors (Lipinski definition) is 2. The fraction of sp³-hybridized carbons (Fsp3) is 0.462. The fourth-order valence-electron chi connectivity index (χ4n) is 2.15. The van der Waals surface area contributed by atoms with Gasteiger partial charge in [-0.2, -0.15) is 0 Å². The van der Waals surface area contributed by atoms with E-state index in [0.29, 0.717) is 22.7 Å². The van der Waals surface area contributed by atoms with Crippen molar-refractivity contribution in [2.75, 3.05) is 6.61 Å². The lowest BCUT2D eigenvalue weighted by atomic mass is 10.1. The van der Waals surface area contributed by atoms with Crippen molar-refractivity contribution in [3.05, 3.63) is 28.2 Å². The lowest BCUT2D eigenvalue weighted by Crippen LogP contribution is -2.08. The Labute approximate surface area is 109 Å². The first-order valence-corrected chi connectivity index (χ1v) is 6.62. The number of hydrogen-bond donors (Lipinski definition) is 1. The molecule has 0 aromatic heterocycles. The van der Waals surface area contributed by atoms with Gasteiger partial charge in [-0.3, -0.25) is 0 Å². The van der Waals surface area contributed by atoms with Crippen LogP contribution < -0.4 is 4.74 Å². The number of carboxylic acid groups (broad SMARTS) is 1. The average Bonchev–Trinajstić information content (AvgIpc) is 2.80. The third kappa shape index (κ3) is 3.22. The zero-order valence-corrected chi connectivity index (χ0v) is 11.1. The van der Waals surface area contributed by atoms with Gasteiger partial charge in [0, 0.05) is 4.47 Å². The SMILES string of the molecule is O=C(O)c1cc(OCC2CCCC2)ccc1Br. The Morgan fingerprint density at radius 2 is 2.12 bits per heavy atom. The van der Waals surface area contributed by atoms with Crippen LogP contribution in [0, 0.1) is 5.92 Å². The zero-order chi connectivity index (χ0) is 12.3. The van der Waals surface area contributed by atoms with Crippen LogP contribution in [-0.4, -0.2) is 17.7 Å². The minimum atomic E-state index is -0.941. The predicted octanol–water partition coefficient (Wildman–Crippen LogP) is 3.72. The first-order chi connectivity index (χ1) is 8.16. The van der Waals surface area contributed by atoms with Gasteiger partial charge in [0.25, 0.3) is 0 Å². The quantitative estimate of drug-likeness (QED) is 0.921. The first kappa shape index (κ1) is 12.4. The van der Waals surface area contributed by atoms with E-state index in [0.717, 1.165) is 0 Å². The number of carbonyl (C=O) groups is 1. The molecule has 0 bridgehead atoms. The topological polar surface area (TPSA) is 46.5 Å². The van der Waals surface area contributed by atoms with Crippen LogP contribution in [0.2, 0.25) is 0 Å². The van der Waals surface area contributed by atoms with Crippen LogP contribution in [0.1, 0.15) is 36.0 Å². The van der Waals surface area contributed by atoms with Gasteiger partial charge in [0.1, 0.15) is 5.75 Å². The number of carboxylic acids is 1. The van der Waals surface area contributed by atoms with Crippen molar-refractivity contribution in [1.82, 2.24) is 0 Å². The van der Waals surface area contributed by atoms with Gasteiger partial charge in [0.15, 0.2) is 0 Å². The molecule has 3 nitrogen and oxygen atoms in total. The lowest BCUT2D eigenvalue weighted by Gasteiger charge is -2.12. The van der Waals surface area contributed by atoms with Crippen molar-refractivity contribution >= 4 is 21.9 Å². The van der Waals surface area contributed by atoms with E-state index in [9.17, 15) is 4.79 Å². The Kier molecular flexibility index (Phi) is 4.05. The smallest absolute Gasteiger partial charge is 0.336 e. The van der Waals surface area contributed by atoms with Crippen molar-refractivity contribution in [2.24, 2.45) is 5.92 Å². The number of rotatable bonds is 4. The fourth-order valence-corrected chi connectivity index (χ4v) is 2.57. The lowest BCUT2D eigenvalue weighted by molar-refractivity contribution is 0.0695. The van der Waals surface area contributed by atoms with Gasteiger partial charge in [0.2, 0.25) is 0 Å². The molecule has 0 saturated heterocycles. The van der Waals surface area contributed by atoms with Crippen LogP contribution in [0.3, 0.4) is 0 Å². The molecule has 0 atom stereocenters. The summed E-state index contributed by atoms with van der Waals surface area (Å²) < 4.78 is 6.23. The van der Waals surface area contributed by atoms with Gasteiger partial charge in [-0.05, 0) is 52.9 Å². The summed E-state index contributed by atoms with van der Waals surface area (Å²) in [6.07, 6.45) is 5.02. The van der Waals surface area contributed by atoms with E-state index < -0.39 is 5.97 Å². The van der Waals surface area contributed by atoms with Gasteiger partial charge >= 0.3 is 5.97 Å². The standard InChI is InChI=1S/C13H15BrO3/c14-12-6-5-10(7-11(12)13(15)16)17-8-9-3-1-2-4-9/h5-7,9H,1-4,8H2,(H,15,16). The molecule has 0 unspecified atom stereocenters. The highest BCUT2D eigenvalue weighted by Crippen LogP contribution is 2.27. The van der Waals surface area contributed by atoms with Crippen LogP contribution in [0.25, 0.3) is 0 Å². The normalized spacial score (nSPS) is 16.1. The number of aromatic carboxylic acids is 1.